The van der Waals surface area contributed by atoms with Crippen molar-refractivity contribution >= 4 is 23.6 Å². The van der Waals surface area contributed by atoms with Crippen LogP contribution in [0.15, 0.2) is 18.2 Å². The summed E-state index contributed by atoms with van der Waals surface area (Å²) in [5.41, 5.74) is 0.708. The molecule has 0 radical (unpaired) electrons. The minimum absolute atomic E-state index is 0.202. The van der Waals surface area contributed by atoms with Gasteiger partial charge in [0.2, 0.25) is 5.91 Å². The number of nitrogens with zero attached hydrogens (tertiary/aromatic N) is 1. The van der Waals surface area contributed by atoms with Crippen molar-refractivity contribution in [1.82, 2.24) is 15.5 Å². The number of imide groups is 1. The molecule has 27 heavy (non-hydrogen) atoms. The topological polar surface area (TPSA) is 105 Å². The Labute approximate surface area is 158 Å². The fraction of sp³-hybridized carbons (Fsp3) is 0.474. The smallest absolute Gasteiger partial charge is 0.261 e. The fourth-order valence-electron chi connectivity index (χ4n) is 2.75. The average Bonchev–Trinajstić information content (AvgIpc) is 2.90. The maximum Gasteiger partial charge on any atom is 0.261 e. The van der Waals surface area contributed by atoms with Crippen molar-refractivity contribution in [2.24, 2.45) is 0 Å². The van der Waals surface area contributed by atoms with Crippen molar-refractivity contribution in [3.05, 3.63) is 34.9 Å². The Morgan fingerprint density at radius 3 is 2.56 bits per heavy atom. The summed E-state index contributed by atoms with van der Waals surface area (Å²) in [7, 11) is 1.55. The maximum absolute atomic E-state index is 12.5. The third-order valence-corrected chi connectivity index (χ3v) is 4.25. The van der Waals surface area contributed by atoms with Crippen molar-refractivity contribution in [3.8, 4) is 0 Å². The summed E-state index contributed by atoms with van der Waals surface area (Å²) < 4.78 is 4.95. The van der Waals surface area contributed by atoms with Gasteiger partial charge in [-0.05, 0) is 38.0 Å². The molecule has 0 aromatic heterocycles. The zero-order chi connectivity index (χ0) is 20.0. The molecule has 146 valence electrons. The number of hydrogen-bond donors (Lipinski definition) is 2. The highest BCUT2D eigenvalue weighted by Crippen LogP contribution is 2.24. The van der Waals surface area contributed by atoms with Crippen LogP contribution in [0.1, 0.15) is 57.8 Å². The number of carbonyl (C=O) groups excluding carboxylic acids is 4. The molecule has 4 amide bonds. The molecule has 1 heterocycles. The third kappa shape index (κ3) is 4.71. The van der Waals surface area contributed by atoms with Gasteiger partial charge in [0.05, 0.1) is 11.1 Å². The van der Waals surface area contributed by atoms with E-state index in [0.29, 0.717) is 19.6 Å². The number of hydrogen-bond acceptors (Lipinski definition) is 5. The second-order valence-corrected chi connectivity index (χ2v) is 6.35. The first-order chi connectivity index (χ1) is 12.9. The van der Waals surface area contributed by atoms with E-state index in [-0.39, 0.29) is 35.0 Å². The standard InChI is InChI=1S/C19H25N3O5/c1-4-8-20-16(23)12(2)21-17(24)13-6-7-14-15(11-13)19(26)22(18(14)25)9-5-10-27-3/h6-7,11-12H,4-5,8-10H2,1-3H3,(H,20,23)(H,21,24)/t12-/m0/s1. The normalized spacial score (nSPS) is 14.1. The van der Waals surface area contributed by atoms with Crippen molar-refractivity contribution in [2.45, 2.75) is 32.7 Å². The molecule has 0 fully saturated rings. The molecular weight excluding hydrogens is 350 g/mol. The molecule has 1 atom stereocenters. The molecule has 0 unspecified atom stereocenters. The van der Waals surface area contributed by atoms with Crippen LogP contribution in [0.4, 0.5) is 0 Å². The second-order valence-electron chi connectivity index (χ2n) is 6.35. The van der Waals surface area contributed by atoms with E-state index in [4.69, 9.17) is 4.74 Å². The molecule has 0 bridgehead atoms. The molecule has 2 N–H and O–H groups in total. The number of carbonyl (C=O) groups is 4. The number of nitrogens with one attached hydrogen (secondary N) is 2. The van der Waals surface area contributed by atoms with Gasteiger partial charge in [-0.2, -0.15) is 0 Å². The van der Waals surface area contributed by atoms with Gasteiger partial charge in [0.1, 0.15) is 6.04 Å². The maximum atomic E-state index is 12.5. The van der Waals surface area contributed by atoms with Gasteiger partial charge < -0.3 is 15.4 Å². The third-order valence-electron chi connectivity index (χ3n) is 4.25. The molecule has 1 aromatic rings. The first-order valence-electron chi connectivity index (χ1n) is 8.98. The van der Waals surface area contributed by atoms with Gasteiger partial charge in [-0.15, -0.1) is 0 Å². The number of ether oxygens (including phenoxy) is 1. The van der Waals surface area contributed by atoms with Crippen LogP contribution in [0.25, 0.3) is 0 Å². The van der Waals surface area contributed by atoms with E-state index in [0.717, 1.165) is 11.3 Å². The van der Waals surface area contributed by atoms with Gasteiger partial charge in [0, 0.05) is 32.4 Å². The quantitative estimate of drug-likeness (QED) is 0.494. The summed E-state index contributed by atoms with van der Waals surface area (Å²) in [5.74, 6) is -1.54. The molecule has 0 saturated heterocycles. The number of amides is 4. The van der Waals surface area contributed by atoms with E-state index in [9.17, 15) is 19.2 Å². The number of fused-ring (bicyclic) bond motifs is 1. The molecule has 1 aliphatic rings. The van der Waals surface area contributed by atoms with Crippen molar-refractivity contribution in [1.29, 1.82) is 0 Å². The number of methoxy groups -OCH3 is 1. The molecule has 0 saturated carbocycles. The minimum atomic E-state index is -0.708. The largest absolute Gasteiger partial charge is 0.385 e. The van der Waals surface area contributed by atoms with Crippen LogP contribution in [-0.4, -0.2) is 61.4 Å². The highest BCUT2D eigenvalue weighted by atomic mass is 16.5. The summed E-state index contributed by atoms with van der Waals surface area (Å²) in [6.07, 6.45) is 1.34. The van der Waals surface area contributed by atoms with E-state index in [1.165, 1.54) is 18.2 Å². The summed E-state index contributed by atoms with van der Waals surface area (Å²) in [6.45, 7) is 4.76. The van der Waals surface area contributed by atoms with Crippen LogP contribution in [-0.2, 0) is 9.53 Å². The summed E-state index contributed by atoms with van der Waals surface area (Å²) in [6, 6.07) is 3.65. The van der Waals surface area contributed by atoms with E-state index in [1.54, 1.807) is 14.0 Å². The van der Waals surface area contributed by atoms with Gasteiger partial charge in [-0.25, -0.2) is 0 Å². The van der Waals surface area contributed by atoms with Crippen molar-refractivity contribution in [3.63, 3.8) is 0 Å². The minimum Gasteiger partial charge on any atom is -0.385 e. The first-order valence-corrected chi connectivity index (χ1v) is 8.98. The molecule has 8 heteroatoms. The average molecular weight is 375 g/mol. The van der Waals surface area contributed by atoms with E-state index >= 15 is 0 Å². The molecule has 0 aliphatic carbocycles. The van der Waals surface area contributed by atoms with Gasteiger partial charge in [0.25, 0.3) is 17.7 Å². The zero-order valence-corrected chi connectivity index (χ0v) is 15.8. The van der Waals surface area contributed by atoms with Crippen molar-refractivity contribution in [2.75, 3.05) is 26.8 Å². The molecular formula is C19H25N3O5. The predicted molar refractivity (Wildman–Crippen MR) is 98.5 cm³/mol. The van der Waals surface area contributed by atoms with E-state index < -0.39 is 17.9 Å². The van der Waals surface area contributed by atoms with E-state index in [1.807, 2.05) is 6.92 Å². The number of rotatable bonds is 9. The first kappa shape index (κ1) is 20.6. The monoisotopic (exact) mass is 375 g/mol. The summed E-state index contributed by atoms with van der Waals surface area (Å²) >= 11 is 0. The van der Waals surface area contributed by atoms with Crippen LogP contribution in [0.5, 0.6) is 0 Å². The Hall–Kier alpha value is -2.74. The zero-order valence-electron chi connectivity index (χ0n) is 15.8. The Bertz CT molecular complexity index is 747. The van der Waals surface area contributed by atoms with Gasteiger partial charge in [-0.3, -0.25) is 24.1 Å². The lowest BCUT2D eigenvalue weighted by Gasteiger charge is -2.14. The number of benzene rings is 1. The van der Waals surface area contributed by atoms with Gasteiger partial charge in [0.15, 0.2) is 0 Å². The fourth-order valence-corrected chi connectivity index (χ4v) is 2.75. The molecule has 8 nitrogen and oxygen atoms in total. The predicted octanol–water partition coefficient (Wildman–Crippen LogP) is 0.964. The van der Waals surface area contributed by atoms with Crippen LogP contribution in [0.2, 0.25) is 0 Å². The Morgan fingerprint density at radius 2 is 1.89 bits per heavy atom. The lowest BCUT2D eigenvalue weighted by atomic mass is 10.0. The van der Waals surface area contributed by atoms with E-state index in [2.05, 4.69) is 10.6 Å². The molecule has 2 rings (SSSR count). The Balaban J connectivity index is 2.08. The lowest BCUT2D eigenvalue weighted by Crippen LogP contribution is -2.45. The lowest BCUT2D eigenvalue weighted by molar-refractivity contribution is -0.122. The van der Waals surface area contributed by atoms with Gasteiger partial charge >= 0.3 is 0 Å². The van der Waals surface area contributed by atoms with Crippen LogP contribution in [0, 0.1) is 0 Å². The van der Waals surface area contributed by atoms with Gasteiger partial charge in [-0.1, -0.05) is 6.92 Å². The summed E-state index contributed by atoms with van der Waals surface area (Å²) in [5, 5.41) is 5.30. The Kier molecular flexibility index (Phi) is 7.06. The van der Waals surface area contributed by atoms with Crippen LogP contribution in [0.3, 0.4) is 0 Å². The van der Waals surface area contributed by atoms with Crippen LogP contribution < -0.4 is 10.6 Å². The highest BCUT2D eigenvalue weighted by Gasteiger charge is 2.35. The molecule has 1 aliphatic heterocycles. The second kappa shape index (κ2) is 9.27. The molecule has 1 aromatic carbocycles. The van der Waals surface area contributed by atoms with Crippen molar-refractivity contribution < 1.29 is 23.9 Å². The summed E-state index contributed by atoms with van der Waals surface area (Å²) in [4.78, 5) is 50.3. The SMILES string of the molecule is CCCNC(=O)[C@H](C)NC(=O)c1ccc2c(c1)C(=O)N(CCCOC)C2=O. The highest BCUT2D eigenvalue weighted by molar-refractivity contribution is 6.22. The van der Waals surface area contributed by atoms with Crippen LogP contribution >= 0.6 is 0 Å². The molecule has 0 spiro atoms. The Morgan fingerprint density at radius 1 is 1.19 bits per heavy atom.